The summed E-state index contributed by atoms with van der Waals surface area (Å²) >= 11 is 0. The van der Waals surface area contributed by atoms with Gasteiger partial charge in [0, 0.05) is 25.6 Å². The normalized spacial score (nSPS) is 13.2. The molecule has 0 saturated carbocycles. The predicted molar refractivity (Wildman–Crippen MR) is 106 cm³/mol. The Morgan fingerprint density at radius 3 is 2.66 bits per heavy atom. The van der Waals surface area contributed by atoms with E-state index in [1.165, 1.54) is 12.1 Å². The van der Waals surface area contributed by atoms with E-state index in [1.807, 2.05) is 29.2 Å². The summed E-state index contributed by atoms with van der Waals surface area (Å²) in [6.45, 7) is 1.36. The summed E-state index contributed by atoms with van der Waals surface area (Å²) in [5.74, 6) is 0.891. The highest BCUT2D eigenvalue weighted by molar-refractivity contribution is 5.96. The Kier molecular flexibility index (Phi) is 5.42. The Bertz CT molecular complexity index is 1020. The second kappa shape index (κ2) is 8.31. The fourth-order valence-electron chi connectivity index (χ4n) is 3.35. The van der Waals surface area contributed by atoms with Crippen LogP contribution in [0.25, 0.3) is 0 Å². The lowest BCUT2D eigenvalue weighted by molar-refractivity contribution is 0.0724. The van der Waals surface area contributed by atoms with Crippen molar-refractivity contribution < 1.29 is 18.7 Å². The van der Waals surface area contributed by atoms with Crippen LogP contribution in [0.15, 0.2) is 60.7 Å². The van der Waals surface area contributed by atoms with Crippen molar-refractivity contribution in [2.24, 2.45) is 0 Å². The number of halogens is 1. The lowest BCUT2D eigenvalue weighted by atomic mass is 10.0. The first-order valence-electron chi connectivity index (χ1n) is 9.42. The predicted octanol–water partition coefficient (Wildman–Crippen LogP) is 4.01. The zero-order valence-electron chi connectivity index (χ0n) is 16.1. The second-order valence-electron chi connectivity index (χ2n) is 6.89. The van der Waals surface area contributed by atoms with Gasteiger partial charge < -0.3 is 14.4 Å². The molecular weight excluding hydrogens is 371 g/mol. The molecule has 1 aliphatic rings. The monoisotopic (exact) mass is 392 g/mol. The van der Waals surface area contributed by atoms with Gasteiger partial charge in [-0.25, -0.2) is 9.37 Å². The van der Waals surface area contributed by atoms with Gasteiger partial charge in [0.1, 0.15) is 18.2 Å². The molecule has 148 valence electrons. The van der Waals surface area contributed by atoms with Gasteiger partial charge in [-0.05, 0) is 41.5 Å². The van der Waals surface area contributed by atoms with E-state index in [1.54, 1.807) is 31.4 Å². The van der Waals surface area contributed by atoms with Crippen molar-refractivity contribution in [1.82, 2.24) is 9.88 Å². The van der Waals surface area contributed by atoms with Crippen molar-refractivity contribution in [3.63, 3.8) is 0 Å². The van der Waals surface area contributed by atoms with Gasteiger partial charge in [0.2, 0.25) is 5.88 Å². The van der Waals surface area contributed by atoms with E-state index in [0.29, 0.717) is 31.0 Å². The molecule has 3 aromatic rings. The van der Waals surface area contributed by atoms with Crippen LogP contribution in [0.5, 0.6) is 11.6 Å². The average Bonchev–Trinajstić information content (AvgIpc) is 2.75. The number of benzene rings is 2. The number of carbonyl (C=O) groups is 1. The van der Waals surface area contributed by atoms with Crippen LogP contribution < -0.4 is 9.47 Å². The van der Waals surface area contributed by atoms with Crippen LogP contribution >= 0.6 is 0 Å². The van der Waals surface area contributed by atoms with Gasteiger partial charge >= 0.3 is 0 Å². The van der Waals surface area contributed by atoms with Crippen LogP contribution in [0.4, 0.5) is 4.39 Å². The fourth-order valence-corrected chi connectivity index (χ4v) is 3.35. The maximum atomic E-state index is 13.3. The van der Waals surface area contributed by atoms with Gasteiger partial charge in [-0.2, -0.15) is 0 Å². The molecule has 0 fully saturated rings. The Labute approximate surface area is 168 Å². The van der Waals surface area contributed by atoms with Crippen molar-refractivity contribution >= 4 is 5.91 Å². The molecule has 29 heavy (non-hydrogen) atoms. The number of amides is 1. The van der Waals surface area contributed by atoms with Crippen LogP contribution in [0.3, 0.4) is 0 Å². The van der Waals surface area contributed by atoms with Gasteiger partial charge in [0.25, 0.3) is 5.91 Å². The van der Waals surface area contributed by atoms with Crippen LogP contribution in [0.1, 0.15) is 27.2 Å². The van der Waals surface area contributed by atoms with Gasteiger partial charge in [-0.1, -0.05) is 24.3 Å². The van der Waals surface area contributed by atoms with E-state index in [9.17, 15) is 9.18 Å². The van der Waals surface area contributed by atoms with E-state index < -0.39 is 0 Å². The molecule has 0 aliphatic carbocycles. The van der Waals surface area contributed by atoms with E-state index in [2.05, 4.69) is 4.98 Å². The lowest BCUT2D eigenvalue weighted by Crippen LogP contribution is -2.37. The van der Waals surface area contributed by atoms with Gasteiger partial charge in [0.05, 0.1) is 18.4 Å². The molecule has 0 radical (unpaired) electrons. The maximum Gasteiger partial charge on any atom is 0.256 e. The quantitative estimate of drug-likeness (QED) is 0.636. The van der Waals surface area contributed by atoms with Gasteiger partial charge in [-0.15, -0.1) is 0 Å². The van der Waals surface area contributed by atoms with Crippen molar-refractivity contribution in [2.75, 3.05) is 13.7 Å². The highest BCUT2D eigenvalue weighted by atomic mass is 19.1. The molecule has 4 rings (SSSR count). The minimum absolute atomic E-state index is 0.0359. The van der Waals surface area contributed by atoms with Crippen molar-refractivity contribution in [2.45, 2.75) is 19.6 Å². The molecule has 6 heteroatoms. The first kappa shape index (κ1) is 18.9. The summed E-state index contributed by atoms with van der Waals surface area (Å²) in [4.78, 5) is 19.2. The van der Waals surface area contributed by atoms with Crippen molar-refractivity contribution in [3.05, 3.63) is 88.9 Å². The molecule has 0 spiro atoms. The first-order valence-corrected chi connectivity index (χ1v) is 9.42. The molecule has 1 amide bonds. The SMILES string of the molecule is COc1ccc(CN2CCc3nc(OCc4cccc(F)c4)ccc3C2=O)cc1. The van der Waals surface area contributed by atoms with Crippen LogP contribution in [-0.4, -0.2) is 29.4 Å². The van der Waals surface area contributed by atoms with E-state index >= 15 is 0 Å². The number of carbonyl (C=O) groups excluding carboxylic acids is 1. The van der Waals surface area contributed by atoms with Crippen molar-refractivity contribution in [1.29, 1.82) is 0 Å². The molecular formula is C23H21FN2O3. The molecule has 0 bridgehead atoms. The maximum absolute atomic E-state index is 13.3. The number of ether oxygens (including phenoxy) is 2. The number of fused-ring (bicyclic) bond motifs is 1. The Hall–Kier alpha value is -3.41. The topological polar surface area (TPSA) is 51.7 Å². The van der Waals surface area contributed by atoms with E-state index in [4.69, 9.17) is 9.47 Å². The van der Waals surface area contributed by atoms with Crippen LogP contribution in [0.2, 0.25) is 0 Å². The molecule has 0 atom stereocenters. The lowest BCUT2D eigenvalue weighted by Gasteiger charge is -2.28. The first-order chi connectivity index (χ1) is 14.1. The summed E-state index contributed by atoms with van der Waals surface area (Å²) in [6, 6.07) is 17.4. The Balaban J connectivity index is 1.42. The number of nitrogens with zero attached hydrogens (tertiary/aromatic N) is 2. The number of hydrogen-bond donors (Lipinski definition) is 0. The smallest absolute Gasteiger partial charge is 0.256 e. The second-order valence-corrected chi connectivity index (χ2v) is 6.89. The number of methoxy groups -OCH3 is 1. The fraction of sp³-hybridized carbons (Fsp3) is 0.217. The largest absolute Gasteiger partial charge is 0.497 e. The van der Waals surface area contributed by atoms with E-state index in [-0.39, 0.29) is 18.3 Å². The van der Waals surface area contributed by atoms with E-state index in [0.717, 1.165) is 22.6 Å². The molecule has 2 heterocycles. The van der Waals surface area contributed by atoms with Gasteiger partial charge in [-0.3, -0.25) is 4.79 Å². The summed E-state index contributed by atoms with van der Waals surface area (Å²) < 4.78 is 24.1. The highest BCUT2D eigenvalue weighted by Gasteiger charge is 2.25. The molecule has 0 N–H and O–H groups in total. The Morgan fingerprint density at radius 1 is 1.07 bits per heavy atom. The molecule has 1 aliphatic heterocycles. The third kappa shape index (κ3) is 4.37. The van der Waals surface area contributed by atoms with Gasteiger partial charge in [0.15, 0.2) is 0 Å². The average molecular weight is 392 g/mol. The highest BCUT2D eigenvalue weighted by Crippen LogP contribution is 2.23. The minimum atomic E-state index is -0.299. The summed E-state index contributed by atoms with van der Waals surface area (Å²) in [5, 5.41) is 0. The summed E-state index contributed by atoms with van der Waals surface area (Å²) in [6.07, 6.45) is 0.661. The molecule has 1 aromatic heterocycles. The third-order valence-corrected chi connectivity index (χ3v) is 4.89. The van der Waals surface area contributed by atoms with Crippen LogP contribution in [-0.2, 0) is 19.6 Å². The number of rotatable bonds is 6. The number of aromatic nitrogens is 1. The zero-order valence-corrected chi connectivity index (χ0v) is 16.1. The molecule has 0 saturated heterocycles. The zero-order chi connectivity index (χ0) is 20.2. The molecule has 0 unspecified atom stereocenters. The minimum Gasteiger partial charge on any atom is -0.497 e. The summed E-state index contributed by atoms with van der Waals surface area (Å²) in [5.41, 5.74) is 3.11. The van der Waals surface area contributed by atoms with Crippen LogP contribution in [0, 0.1) is 5.82 Å². The summed E-state index contributed by atoms with van der Waals surface area (Å²) in [7, 11) is 1.63. The molecule has 2 aromatic carbocycles. The molecule has 5 nitrogen and oxygen atoms in total. The Morgan fingerprint density at radius 2 is 1.90 bits per heavy atom. The van der Waals surface area contributed by atoms with Crippen molar-refractivity contribution in [3.8, 4) is 11.6 Å². The number of pyridine rings is 1. The standard InChI is InChI=1S/C23H21FN2O3/c1-28-19-7-5-16(6-8-19)14-26-12-11-21-20(23(26)27)9-10-22(25-21)29-15-17-3-2-4-18(24)13-17/h2-10,13H,11-12,14-15H2,1H3. The number of hydrogen-bond acceptors (Lipinski definition) is 4. The third-order valence-electron chi connectivity index (χ3n) is 4.89.